The second kappa shape index (κ2) is 4.96. The Morgan fingerprint density at radius 1 is 1.35 bits per heavy atom. The summed E-state index contributed by atoms with van der Waals surface area (Å²) in [5.74, 6) is 0. The van der Waals surface area contributed by atoms with Crippen molar-refractivity contribution in [2.24, 2.45) is 0 Å². The van der Waals surface area contributed by atoms with Crippen molar-refractivity contribution in [1.82, 2.24) is 4.72 Å². The van der Waals surface area contributed by atoms with E-state index in [1.165, 1.54) is 25.1 Å². The summed E-state index contributed by atoms with van der Waals surface area (Å²) in [5.41, 5.74) is 1.01. The van der Waals surface area contributed by atoms with Gasteiger partial charge in [0.15, 0.2) is 0 Å². The third-order valence-corrected chi connectivity index (χ3v) is 3.69. The van der Waals surface area contributed by atoms with Crippen LogP contribution in [0.1, 0.15) is 18.1 Å². The first-order valence-electron chi connectivity index (χ1n) is 4.83. The smallest absolute Gasteiger partial charge is 0.207 e. The van der Waals surface area contributed by atoms with Crippen LogP contribution in [0.2, 0.25) is 0 Å². The molecule has 1 aromatic rings. The minimum atomic E-state index is -3.70. The van der Waals surface area contributed by atoms with Gasteiger partial charge in [0, 0.05) is 0 Å². The Hall–Kier alpha value is -1.89. The Morgan fingerprint density at radius 2 is 2.00 bits per heavy atom. The standard InChI is InChI=1S/C11H11N3O2S/c1-8-5-11(4-3-10(8)7-13)17(15,16)14-9(2)6-12/h3-5,9,14H,1-2H3. The van der Waals surface area contributed by atoms with Gasteiger partial charge < -0.3 is 0 Å². The molecule has 0 aliphatic heterocycles. The van der Waals surface area contributed by atoms with E-state index < -0.39 is 16.1 Å². The molecular weight excluding hydrogens is 238 g/mol. The van der Waals surface area contributed by atoms with E-state index in [2.05, 4.69) is 4.72 Å². The molecule has 0 fully saturated rings. The van der Waals surface area contributed by atoms with E-state index >= 15 is 0 Å². The van der Waals surface area contributed by atoms with E-state index in [1.54, 1.807) is 13.0 Å². The molecule has 0 heterocycles. The molecule has 0 aliphatic carbocycles. The largest absolute Gasteiger partial charge is 0.241 e. The van der Waals surface area contributed by atoms with Crippen LogP contribution in [0, 0.1) is 29.6 Å². The van der Waals surface area contributed by atoms with Crippen LogP contribution < -0.4 is 4.72 Å². The number of nitriles is 2. The van der Waals surface area contributed by atoms with Crippen molar-refractivity contribution in [2.45, 2.75) is 24.8 Å². The lowest BCUT2D eigenvalue weighted by Crippen LogP contribution is -2.31. The summed E-state index contributed by atoms with van der Waals surface area (Å²) in [4.78, 5) is 0.0519. The Morgan fingerprint density at radius 3 is 2.47 bits per heavy atom. The lowest BCUT2D eigenvalue weighted by Gasteiger charge is -2.08. The van der Waals surface area contributed by atoms with Gasteiger partial charge in [0.2, 0.25) is 10.0 Å². The molecule has 1 aromatic carbocycles. The lowest BCUT2D eigenvalue weighted by molar-refractivity contribution is 0.577. The van der Waals surface area contributed by atoms with Gasteiger partial charge in [-0.2, -0.15) is 15.2 Å². The third kappa shape index (κ3) is 3.04. The van der Waals surface area contributed by atoms with Crippen molar-refractivity contribution in [3.8, 4) is 12.1 Å². The molecule has 0 aliphatic rings. The molecule has 0 bridgehead atoms. The fraction of sp³-hybridized carbons (Fsp3) is 0.273. The van der Waals surface area contributed by atoms with Crippen LogP contribution in [0.5, 0.6) is 0 Å². The van der Waals surface area contributed by atoms with Crippen LogP contribution in [0.4, 0.5) is 0 Å². The van der Waals surface area contributed by atoms with Crippen molar-refractivity contribution >= 4 is 10.0 Å². The van der Waals surface area contributed by atoms with Gasteiger partial charge in [0.05, 0.1) is 22.6 Å². The lowest BCUT2D eigenvalue weighted by atomic mass is 10.1. The van der Waals surface area contributed by atoms with Gasteiger partial charge >= 0.3 is 0 Å². The number of hydrogen-bond acceptors (Lipinski definition) is 4. The maximum atomic E-state index is 11.8. The molecule has 0 saturated heterocycles. The Labute approximate surface area is 100 Å². The van der Waals surface area contributed by atoms with Gasteiger partial charge in [0.25, 0.3) is 0 Å². The highest BCUT2D eigenvalue weighted by atomic mass is 32.2. The van der Waals surface area contributed by atoms with E-state index in [0.717, 1.165) is 0 Å². The van der Waals surface area contributed by atoms with Gasteiger partial charge in [-0.3, -0.25) is 0 Å². The molecule has 1 unspecified atom stereocenters. The number of aryl methyl sites for hydroxylation is 1. The quantitative estimate of drug-likeness (QED) is 0.866. The molecule has 0 radical (unpaired) electrons. The number of hydrogen-bond donors (Lipinski definition) is 1. The second-order valence-electron chi connectivity index (χ2n) is 3.56. The number of benzene rings is 1. The van der Waals surface area contributed by atoms with Crippen molar-refractivity contribution in [1.29, 1.82) is 10.5 Å². The summed E-state index contributed by atoms with van der Waals surface area (Å²) < 4.78 is 25.8. The normalized spacial score (nSPS) is 12.5. The maximum Gasteiger partial charge on any atom is 0.241 e. The van der Waals surface area contributed by atoms with E-state index in [0.29, 0.717) is 11.1 Å². The van der Waals surface area contributed by atoms with E-state index in [1.807, 2.05) is 6.07 Å². The molecule has 0 amide bonds. The van der Waals surface area contributed by atoms with Gasteiger partial charge in [-0.25, -0.2) is 8.42 Å². The maximum absolute atomic E-state index is 11.8. The second-order valence-corrected chi connectivity index (χ2v) is 5.27. The third-order valence-electron chi connectivity index (χ3n) is 2.15. The molecule has 1 rings (SSSR count). The highest BCUT2D eigenvalue weighted by molar-refractivity contribution is 7.89. The Balaban J connectivity index is 3.15. The Bertz CT molecular complexity index is 609. The molecule has 6 heteroatoms. The average Bonchev–Trinajstić information content (AvgIpc) is 2.28. The minimum Gasteiger partial charge on any atom is -0.207 e. The van der Waals surface area contributed by atoms with Crippen LogP contribution in [0.25, 0.3) is 0 Å². The fourth-order valence-corrected chi connectivity index (χ4v) is 2.49. The predicted molar refractivity (Wildman–Crippen MR) is 61.3 cm³/mol. The fourth-order valence-electron chi connectivity index (χ4n) is 1.26. The van der Waals surface area contributed by atoms with Gasteiger partial charge in [-0.1, -0.05) is 0 Å². The molecule has 0 saturated carbocycles. The first kappa shape index (κ1) is 13.2. The van der Waals surface area contributed by atoms with Gasteiger partial charge in [0.1, 0.15) is 6.04 Å². The van der Waals surface area contributed by atoms with Crippen molar-refractivity contribution in [3.05, 3.63) is 29.3 Å². The predicted octanol–water partition coefficient (Wildman–Crippen LogP) is 1.06. The van der Waals surface area contributed by atoms with Crippen LogP contribution in [-0.2, 0) is 10.0 Å². The highest BCUT2D eigenvalue weighted by Crippen LogP contribution is 2.14. The summed E-state index contributed by atoms with van der Waals surface area (Å²) in [6.45, 7) is 3.11. The molecular formula is C11H11N3O2S. The van der Waals surface area contributed by atoms with Crippen molar-refractivity contribution in [3.63, 3.8) is 0 Å². The molecule has 17 heavy (non-hydrogen) atoms. The Kier molecular flexibility index (Phi) is 3.84. The summed E-state index contributed by atoms with van der Waals surface area (Å²) in [6, 6.07) is 7.15. The molecule has 88 valence electrons. The molecule has 0 aromatic heterocycles. The zero-order valence-corrected chi connectivity index (χ0v) is 10.2. The zero-order chi connectivity index (χ0) is 13.1. The summed E-state index contributed by atoms with van der Waals surface area (Å²) in [5, 5.41) is 17.3. The van der Waals surface area contributed by atoms with Crippen LogP contribution in [0.15, 0.2) is 23.1 Å². The summed E-state index contributed by atoms with van der Waals surface area (Å²) >= 11 is 0. The van der Waals surface area contributed by atoms with Gasteiger partial charge in [-0.15, -0.1) is 0 Å². The number of sulfonamides is 1. The average molecular weight is 249 g/mol. The number of nitrogens with one attached hydrogen (secondary N) is 1. The SMILES string of the molecule is Cc1cc(S(=O)(=O)NC(C)C#N)ccc1C#N. The number of nitrogens with zero attached hydrogens (tertiary/aromatic N) is 2. The van der Waals surface area contributed by atoms with E-state index in [-0.39, 0.29) is 4.90 Å². The zero-order valence-electron chi connectivity index (χ0n) is 9.43. The van der Waals surface area contributed by atoms with Gasteiger partial charge in [-0.05, 0) is 37.6 Å². The van der Waals surface area contributed by atoms with Crippen LogP contribution in [-0.4, -0.2) is 14.5 Å². The topological polar surface area (TPSA) is 93.8 Å². The number of rotatable bonds is 3. The molecule has 5 nitrogen and oxygen atoms in total. The molecule has 1 N–H and O–H groups in total. The molecule has 0 spiro atoms. The monoisotopic (exact) mass is 249 g/mol. The van der Waals surface area contributed by atoms with Crippen LogP contribution >= 0.6 is 0 Å². The summed E-state index contributed by atoms with van der Waals surface area (Å²) in [6.07, 6.45) is 0. The van der Waals surface area contributed by atoms with E-state index in [9.17, 15) is 8.42 Å². The first-order valence-corrected chi connectivity index (χ1v) is 6.31. The summed E-state index contributed by atoms with van der Waals surface area (Å²) in [7, 11) is -3.70. The van der Waals surface area contributed by atoms with Crippen LogP contribution in [0.3, 0.4) is 0 Å². The molecule has 1 atom stereocenters. The highest BCUT2D eigenvalue weighted by Gasteiger charge is 2.17. The first-order chi connectivity index (χ1) is 7.90. The van der Waals surface area contributed by atoms with Crippen molar-refractivity contribution in [2.75, 3.05) is 0 Å². The minimum absolute atomic E-state index is 0.0519. The van der Waals surface area contributed by atoms with E-state index in [4.69, 9.17) is 10.5 Å². The van der Waals surface area contributed by atoms with Crippen molar-refractivity contribution < 1.29 is 8.42 Å².